The molecule has 0 aliphatic carbocycles. The molecule has 1 amide bonds. The highest BCUT2D eigenvalue weighted by molar-refractivity contribution is 5.76. The Hall–Kier alpha value is -1.42. The number of carbonyl (C=O) groups is 1. The van der Waals surface area contributed by atoms with E-state index in [0.29, 0.717) is 31.6 Å². The van der Waals surface area contributed by atoms with Crippen LogP contribution in [0.25, 0.3) is 0 Å². The highest BCUT2D eigenvalue weighted by Gasteiger charge is 2.26. The van der Waals surface area contributed by atoms with Gasteiger partial charge < -0.3 is 10.2 Å². The van der Waals surface area contributed by atoms with Crippen molar-refractivity contribution in [1.29, 1.82) is 0 Å². The van der Waals surface area contributed by atoms with Crippen molar-refractivity contribution in [2.45, 2.75) is 26.3 Å². The standard InChI is InChI=1S/C14H19FN2O/c1-3-13(18)17-8-7-16-12(9-17)14-10(2)5-4-6-11(14)15/h4-6,12,16H,3,7-9H2,1-2H3. The molecule has 3 nitrogen and oxygen atoms in total. The number of benzene rings is 1. The molecule has 1 N–H and O–H groups in total. The topological polar surface area (TPSA) is 32.3 Å². The van der Waals surface area contributed by atoms with E-state index < -0.39 is 0 Å². The molecule has 98 valence electrons. The van der Waals surface area contributed by atoms with Crippen molar-refractivity contribution in [3.8, 4) is 0 Å². The normalized spacial score (nSPS) is 19.9. The van der Waals surface area contributed by atoms with Gasteiger partial charge in [-0.05, 0) is 18.6 Å². The Morgan fingerprint density at radius 3 is 3.00 bits per heavy atom. The van der Waals surface area contributed by atoms with E-state index in [9.17, 15) is 9.18 Å². The van der Waals surface area contributed by atoms with E-state index in [1.807, 2.05) is 24.8 Å². The van der Waals surface area contributed by atoms with Gasteiger partial charge in [0.15, 0.2) is 0 Å². The Labute approximate surface area is 107 Å². The quantitative estimate of drug-likeness (QED) is 0.871. The summed E-state index contributed by atoms with van der Waals surface area (Å²) in [5, 5.41) is 3.29. The first-order valence-corrected chi connectivity index (χ1v) is 6.39. The van der Waals surface area contributed by atoms with Gasteiger partial charge in [0.05, 0.1) is 6.04 Å². The second-order valence-corrected chi connectivity index (χ2v) is 4.67. The van der Waals surface area contributed by atoms with E-state index >= 15 is 0 Å². The Kier molecular flexibility index (Phi) is 3.97. The van der Waals surface area contributed by atoms with Crippen LogP contribution in [0.1, 0.15) is 30.5 Å². The summed E-state index contributed by atoms with van der Waals surface area (Å²) < 4.78 is 13.9. The molecular formula is C14H19FN2O. The lowest BCUT2D eigenvalue weighted by Crippen LogP contribution is -2.48. The number of hydrogen-bond acceptors (Lipinski definition) is 2. The predicted octanol–water partition coefficient (Wildman–Crippen LogP) is 2.02. The number of rotatable bonds is 2. The summed E-state index contributed by atoms with van der Waals surface area (Å²) in [5.74, 6) is -0.0613. The van der Waals surface area contributed by atoms with Gasteiger partial charge in [-0.15, -0.1) is 0 Å². The summed E-state index contributed by atoms with van der Waals surface area (Å²) in [6.07, 6.45) is 0.503. The van der Waals surface area contributed by atoms with Crippen LogP contribution in [0.2, 0.25) is 0 Å². The van der Waals surface area contributed by atoms with E-state index in [1.165, 1.54) is 6.07 Å². The minimum absolute atomic E-state index is 0.101. The zero-order chi connectivity index (χ0) is 13.1. The number of aryl methyl sites for hydroxylation is 1. The van der Waals surface area contributed by atoms with Crippen molar-refractivity contribution in [3.63, 3.8) is 0 Å². The maximum absolute atomic E-state index is 13.9. The molecule has 0 aromatic heterocycles. The van der Waals surface area contributed by atoms with Crippen molar-refractivity contribution in [1.82, 2.24) is 10.2 Å². The average molecular weight is 250 g/mol. The van der Waals surface area contributed by atoms with Gasteiger partial charge in [0.1, 0.15) is 5.82 Å². The zero-order valence-electron chi connectivity index (χ0n) is 10.9. The fourth-order valence-corrected chi connectivity index (χ4v) is 2.48. The maximum Gasteiger partial charge on any atom is 0.222 e. The summed E-state index contributed by atoms with van der Waals surface area (Å²) >= 11 is 0. The monoisotopic (exact) mass is 250 g/mol. The van der Waals surface area contributed by atoms with Crippen molar-refractivity contribution >= 4 is 5.91 Å². The summed E-state index contributed by atoms with van der Waals surface area (Å²) in [5.41, 5.74) is 1.62. The molecule has 0 radical (unpaired) electrons. The van der Waals surface area contributed by atoms with Crippen molar-refractivity contribution < 1.29 is 9.18 Å². The first-order valence-electron chi connectivity index (χ1n) is 6.39. The highest BCUT2D eigenvalue weighted by Crippen LogP contribution is 2.24. The second kappa shape index (κ2) is 5.48. The zero-order valence-corrected chi connectivity index (χ0v) is 10.9. The molecule has 18 heavy (non-hydrogen) atoms. The fraction of sp³-hybridized carbons (Fsp3) is 0.500. The van der Waals surface area contributed by atoms with E-state index in [2.05, 4.69) is 5.32 Å². The third kappa shape index (κ3) is 2.53. The van der Waals surface area contributed by atoms with Gasteiger partial charge in [0, 0.05) is 31.6 Å². The highest BCUT2D eigenvalue weighted by atomic mass is 19.1. The number of nitrogens with one attached hydrogen (secondary N) is 1. The van der Waals surface area contributed by atoms with Gasteiger partial charge in [-0.1, -0.05) is 19.1 Å². The van der Waals surface area contributed by atoms with Crippen molar-refractivity contribution in [2.24, 2.45) is 0 Å². The number of nitrogens with zero attached hydrogens (tertiary/aromatic N) is 1. The largest absolute Gasteiger partial charge is 0.340 e. The van der Waals surface area contributed by atoms with Crippen LogP contribution in [-0.4, -0.2) is 30.4 Å². The van der Waals surface area contributed by atoms with Crippen LogP contribution >= 0.6 is 0 Å². The Morgan fingerprint density at radius 1 is 1.56 bits per heavy atom. The Morgan fingerprint density at radius 2 is 2.33 bits per heavy atom. The van der Waals surface area contributed by atoms with E-state index in [0.717, 1.165) is 5.56 Å². The molecule has 1 unspecified atom stereocenters. The molecule has 0 saturated carbocycles. The molecule has 2 rings (SSSR count). The Bertz CT molecular complexity index is 427. The minimum Gasteiger partial charge on any atom is -0.340 e. The lowest BCUT2D eigenvalue weighted by atomic mass is 9.98. The van der Waals surface area contributed by atoms with Crippen LogP contribution in [0.4, 0.5) is 4.39 Å². The molecule has 0 spiro atoms. The average Bonchev–Trinajstić information content (AvgIpc) is 2.38. The van der Waals surface area contributed by atoms with Crippen LogP contribution in [0, 0.1) is 12.7 Å². The van der Waals surface area contributed by atoms with Crippen LogP contribution in [0.15, 0.2) is 18.2 Å². The molecule has 1 saturated heterocycles. The van der Waals surface area contributed by atoms with Gasteiger partial charge >= 0.3 is 0 Å². The fourth-order valence-electron chi connectivity index (χ4n) is 2.48. The number of carbonyl (C=O) groups excluding carboxylic acids is 1. The molecule has 4 heteroatoms. The van der Waals surface area contributed by atoms with Gasteiger partial charge in [-0.3, -0.25) is 4.79 Å². The van der Waals surface area contributed by atoms with E-state index in [4.69, 9.17) is 0 Å². The number of halogens is 1. The molecule has 1 aliphatic heterocycles. The summed E-state index contributed by atoms with van der Waals surface area (Å²) in [7, 11) is 0. The number of hydrogen-bond donors (Lipinski definition) is 1. The molecule has 1 aromatic rings. The lowest BCUT2D eigenvalue weighted by molar-refractivity contribution is -0.132. The summed E-state index contributed by atoms with van der Waals surface area (Å²) in [6.45, 7) is 5.73. The molecule has 1 fully saturated rings. The number of piperazine rings is 1. The Balaban J connectivity index is 2.21. The summed E-state index contributed by atoms with van der Waals surface area (Å²) in [4.78, 5) is 13.5. The van der Waals surface area contributed by atoms with Crippen LogP contribution in [0.5, 0.6) is 0 Å². The van der Waals surface area contributed by atoms with Gasteiger partial charge in [0.2, 0.25) is 5.91 Å². The molecule has 1 atom stereocenters. The van der Waals surface area contributed by atoms with Crippen molar-refractivity contribution in [2.75, 3.05) is 19.6 Å². The third-order valence-corrected chi connectivity index (χ3v) is 3.45. The molecule has 1 aliphatic rings. The van der Waals surface area contributed by atoms with E-state index in [-0.39, 0.29) is 17.8 Å². The van der Waals surface area contributed by atoms with Gasteiger partial charge in [-0.25, -0.2) is 4.39 Å². The lowest BCUT2D eigenvalue weighted by Gasteiger charge is -2.34. The first kappa shape index (κ1) is 13.0. The molecular weight excluding hydrogens is 231 g/mol. The third-order valence-electron chi connectivity index (χ3n) is 3.45. The molecule has 1 aromatic carbocycles. The maximum atomic E-state index is 13.9. The number of amides is 1. The predicted molar refractivity (Wildman–Crippen MR) is 68.8 cm³/mol. The van der Waals surface area contributed by atoms with Gasteiger partial charge in [-0.2, -0.15) is 0 Å². The summed E-state index contributed by atoms with van der Waals surface area (Å²) in [6, 6.07) is 4.99. The van der Waals surface area contributed by atoms with Crippen LogP contribution in [0.3, 0.4) is 0 Å². The molecule has 1 heterocycles. The van der Waals surface area contributed by atoms with Crippen LogP contribution < -0.4 is 5.32 Å². The second-order valence-electron chi connectivity index (χ2n) is 4.67. The smallest absolute Gasteiger partial charge is 0.222 e. The first-order chi connectivity index (χ1) is 8.63. The minimum atomic E-state index is -0.196. The SMILES string of the molecule is CCC(=O)N1CCNC(c2c(C)cccc2F)C1. The van der Waals surface area contributed by atoms with Crippen molar-refractivity contribution in [3.05, 3.63) is 35.1 Å². The van der Waals surface area contributed by atoms with Gasteiger partial charge in [0.25, 0.3) is 0 Å². The molecule has 0 bridgehead atoms. The van der Waals surface area contributed by atoms with E-state index in [1.54, 1.807) is 6.07 Å². The van der Waals surface area contributed by atoms with Crippen LogP contribution in [-0.2, 0) is 4.79 Å².